The van der Waals surface area contributed by atoms with E-state index in [4.69, 9.17) is 0 Å². The van der Waals surface area contributed by atoms with Crippen molar-refractivity contribution in [2.45, 2.75) is 5.60 Å². The Morgan fingerprint density at radius 3 is 2.17 bits per heavy atom. The summed E-state index contributed by atoms with van der Waals surface area (Å²) in [5, 5.41) is 11.5. The topological polar surface area (TPSA) is 20.2 Å². The fourth-order valence-electron chi connectivity index (χ4n) is 3.34. The summed E-state index contributed by atoms with van der Waals surface area (Å²) in [6.07, 6.45) is 0. The summed E-state index contributed by atoms with van der Waals surface area (Å²) in [5.74, 6) is -1.54. The third kappa shape index (κ3) is 1.92. The summed E-state index contributed by atoms with van der Waals surface area (Å²) < 4.78 is 29.6. The van der Waals surface area contributed by atoms with Gasteiger partial charge in [0.1, 0.15) is 17.2 Å². The molecule has 3 aromatic rings. The van der Waals surface area contributed by atoms with Crippen LogP contribution >= 0.6 is 15.9 Å². The third-order valence-corrected chi connectivity index (χ3v) is 4.80. The molecule has 0 aliphatic heterocycles. The highest BCUT2D eigenvalue weighted by atomic mass is 79.9. The van der Waals surface area contributed by atoms with Crippen LogP contribution in [-0.2, 0) is 5.60 Å². The lowest BCUT2D eigenvalue weighted by Crippen LogP contribution is -2.29. The molecule has 23 heavy (non-hydrogen) atoms. The molecule has 1 nitrogen and oxygen atoms in total. The van der Waals surface area contributed by atoms with Gasteiger partial charge in [-0.3, -0.25) is 0 Å². The number of rotatable bonds is 1. The molecule has 0 fully saturated rings. The first-order valence-electron chi connectivity index (χ1n) is 7.10. The van der Waals surface area contributed by atoms with Crippen LogP contribution in [0.3, 0.4) is 0 Å². The minimum Gasteiger partial charge on any atom is -0.376 e. The van der Waals surface area contributed by atoms with Crippen molar-refractivity contribution in [1.29, 1.82) is 0 Å². The van der Waals surface area contributed by atoms with Gasteiger partial charge in [0.15, 0.2) is 0 Å². The molecule has 1 aliphatic rings. The predicted octanol–water partition coefficient (Wildman–Crippen LogP) is 4.99. The zero-order chi connectivity index (χ0) is 16.2. The van der Waals surface area contributed by atoms with Crippen LogP contribution < -0.4 is 0 Å². The normalized spacial score (nSPS) is 18.6. The van der Waals surface area contributed by atoms with Crippen LogP contribution in [0.25, 0.3) is 11.1 Å². The fraction of sp³-hybridized carbons (Fsp3) is 0.0526. The van der Waals surface area contributed by atoms with E-state index in [0.29, 0.717) is 11.1 Å². The molecule has 0 amide bonds. The van der Waals surface area contributed by atoms with Crippen molar-refractivity contribution < 1.29 is 13.9 Å². The standard InChI is InChI=1S/C19H11BrF2O/c20-11-8-9-13-12-4-1-2-5-14(12)19(23,15(13)10-11)18-16(21)6-3-7-17(18)22/h1-10,23H. The molecule has 0 bridgehead atoms. The van der Waals surface area contributed by atoms with E-state index < -0.39 is 17.2 Å². The van der Waals surface area contributed by atoms with E-state index in [1.54, 1.807) is 18.2 Å². The first-order valence-corrected chi connectivity index (χ1v) is 7.89. The van der Waals surface area contributed by atoms with Gasteiger partial charge in [-0.1, -0.05) is 52.3 Å². The zero-order valence-corrected chi connectivity index (χ0v) is 13.4. The molecule has 1 aliphatic carbocycles. The first kappa shape index (κ1) is 14.5. The lowest BCUT2D eigenvalue weighted by Gasteiger charge is -2.27. The molecule has 4 heteroatoms. The minimum absolute atomic E-state index is 0.343. The summed E-state index contributed by atoms with van der Waals surface area (Å²) in [6.45, 7) is 0. The van der Waals surface area contributed by atoms with Gasteiger partial charge in [0.05, 0.1) is 5.56 Å². The molecule has 0 saturated carbocycles. The van der Waals surface area contributed by atoms with Gasteiger partial charge in [0.25, 0.3) is 0 Å². The maximum absolute atomic E-state index is 14.4. The highest BCUT2D eigenvalue weighted by molar-refractivity contribution is 9.10. The molecule has 1 unspecified atom stereocenters. The second kappa shape index (κ2) is 4.98. The van der Waals surface area contributed by atoms with Crippen LogP contribution in [0.2, 0.25) is 0 Å². The number of fused-ring (bicyclic) bond motifs is 3. The van der Waals surface area contributed by atoms with Crippen LogP contribution in [0.4, 0.5) is 8.78 Å². The van der Waals surface area contributed by atoms with Crippen molar-refractivity contribution in [3.05, 3.63) is 93.5 Å². The lowest BCUT2D eigenvalue weighted by atomic mass is 9.83. The predicted molar refractivity (Wildman–Crippen MR) is 88.0 cm³/mol. The van der Waals surface area contributed by atoms with E-state index in [1.807, 2.05) is 24.3 Å². The maximum atomic E-state index is 14.4. The van der Waals surface area contributed by atoms with Crippen LogP contribution in [0.5, 0.6) is 0 Å². The second-order valence-electron chi connectivity index (χ2n) is 5.54. The van der Waals surface area contributed by atoms with Gasteiger partial charge < -0.3 is 5.11 Å². The van der Waals surface area contributed by atoms with Crippen molar-refractivity contribution >= 4 is 15.9 Å². The molecule has 0 spiro atoms. The fourth-order valence-corrected chi connectivity index (χ4v) is 3.70. The summed E-state index contributed by atoms with van der Waals surface area (Å²) in [7, 11) is 0. The molecule has 114 valence electrons. The van der Waals surface area contributed by atoms with Gasteiger partial charge in [-0.2, -0.15) is 0 Å². The monoisotopic (exact) mass is 372 g/mol. The quantitative estimate of drug-likeness (QED) is 0.637. The van der Waals surface area contributed by atoms with Gasteiger partial charge in [-0.05, 0) is 35.4 Å². The van der Waals surface area contributed by atoms with Gasteiger partial charge in [-0.15, -0.1) is 0 Å². The van der Waals surface area contributed by atoms with Crippen molar-refractivity contribution in [2.75, 3.05) is 0 Å². The Morgan fingerprint density at radius 1 is 0.783 bits per heavy atom. The molecule has 1 N–H and O–H groups in total. The first-order chi connectivity index (χ1) is 11.0. The van der Waals surface area contributed by atoms with Crippen molar-refractivity contribution in [3.8, 4) is 11.1 Å². The second-order valence-corrected chi connectivity index (χ2v) is 6.46. The summed E-state index contributed by atoms with van der Waals surface area (Å²) in [5.41, 5.74) is 0.304. The highest BCUT2D eigenvalue weighted by Crippen LogP contribution is 2.52. The molecule has 0 saturated heterocycles. The summed E-state index contributed by atoms with van der Waals surface area (Å²) >= 11 is 3.37. The van der Waals surface area contributed by atoms with E-state index >= 15 is 0 Å². The van der Waals surface area contributed by atoms with Crippen molar-refractivity contribution in [1.82, 2.24) is 0 Å². The van der Waals surface area contributed by atoms with Crippen LogP contribution in [0.1, 0.15) is 16.7 Å². The molecule has 0 aromatic heterocycles. The minimum atomic E-state index is -1.86. The van der Waals surface area contributed by atoms with Gasteiger partial charge in [0, 0.05) is 15.6 Å². The number of halogens is 3. The number of benzene rings is 3. The van der Waals surface area contributed by atoms with Crippen LogP contribution in [0.15, 0.2) is 65.1 Å². The Bertz CT molecular complexity index is 918. The molecule has 3 aromatic carbocycles. The SMILES string of the molecule is OC1(c2c(F)cccc2F)c2ccccc2-c2ccc(Br)cc21. The van der Waals surface area contributed by atoms with Gasteiger partial charge in [0.2, 0.25) is 0 Å². The average Bonchev–Trinajstić information content (AvgIpc) is 2.78. The smallest absolute Gasteiger partial charge is 0.147 e. The van der Waals surface area contributed by atoms with E-state index in [1.165, 1.54) is 6.07 Å². The summed E-state index contributed by atoms with van der Waals surface area (Å²) in [6, 6.07) is 16.2. The number of hydrogen-bond donors (Lipinski definition) is 1. The Labute approximate surface area is 140 Å². The zero-order valence-electron chi connectivity index (χ0n) is 11.9. The molecule has 4 rings (SSSR count). The lowest BCUT2D eigenvalue weighted by molar-refractivity contribution is 0.121. The molecular weight excluding hydrogens is 362 g/mol. The van der Waals surface area contributed by atoms with E-state index in [2.05, 4.69) is 15.9 Å². The average molecular weight is 373 g/mol. The molecular formula is C19H11BrF2O. The molecule has 1 atom stereocenters. The summed E-state index contributed by atoms with van der Waals surface area (Å²) in [4.78, 5) is 0. The van der Waals surface area contributed by atoms with E-state index in [-0.39, 0.29) is 5.56 Å². The Morgan fingerprint density at radius 2 is 1.43 bits per heavy atom. The largest absolute Gasteiger partial charge is 0.376 e. The third-order valence-electron chi connectivity index (χ3n) is 4.30. The van der Waals surface area contributed by atoms with Crippen LogP contribution in [0, 0.1) is 11.6 Å². The van der Waals surface area contributed by atoms with Crippen molar-refractivity contribution in [3.63, 3.8) is 0 Å². The maximum Gasteiger partial charge on any atom is 0.147 e. The van der Waals surface area contributed by atoms with E-state index in [9.17, 15) is 13.9 Å². The van der Waals surface area contributed by atoms with Crippen molar-refractivity contribution in [2.24, 2.45) is 0 Å². The molecule has 0 heterocycles. The van der Waals surface area contributed by atoms with Gasteiger partial charge in [-0.25, -0.2) is 8.78 Å². The Kier molecular flexibility index (Phi) is 3.15. The number of aliphatic hydroxyl groups is 1. The van der Waals surface area contributed by atoms with E-state index in [0.717, 1.165) is 27.7 Å². The Hall–Kier alpha value is -2.04. The highest BCUT2D eigenvalue weighted by Gasteiger charge is 2.46. The Balaban J connectivity index is 2.15. The van der Waals surface area contributed by atoms with Gasteiger partial charge >= 0.3 is 0 Å². The number of hydrogen-bond acceptors (Lipinski definition) is 1. The molecule has 0 radical (unpaired) electrons. The van der Waals surface area contributed by atoms with Crippen LogP contribution in [-0.4, -0.2) is 5.11 Å².